The van der Waals surface area contributed by atoms with Gasteiger partial charge in [-0.05, 0) is 115 Å². The average Bonchev–Trinajstić information content (AvgIpc) is 3.93. The Hall–Kier alpha value is -6.20. The Kier molecular flexibility index (Phi) is 13.1. The molecular weight excluding hydrogens is 859 g/mol. The first-order chi connectivity index (χ1) is 32.5. The van der Waals surface area contributed by atoms with Gasteiger partial charge in [-0.1, -0.05) is 13.8 Å². The number of carbonyl (C=O) groups excluding carboxylic acids is 6. The van der Waals surface area contributed by atoms with Crippen molar-refractivity contribution < 1.29 is 62.0 Å². The number of rotatable bonds is 13. The van der Waals surface area contributed by atoms with Crippen LogP contribution in [0.15, 0.2) is 36.4 Å². The Morgan fingerprint density at radius 3 is 1.89 bits per heavy atom. The van der Waals surface area contributed by atoms with Crippen molar-refractivity contribution in [2.45, 2.75) is 155 Å². The fraction of sp³-hybridized carbons (Fsp3) is 0.542. The van der Waals surface area contributed by atoms with E-state index >= 15 is 8.78 Å². The molecule has 18 heteroatoms. The van der Waals surface area contributed by atoms with Crippen LogP contribution in [0.2, 0.25) is 1.41 Å². The van der Waals surface area contributed by atoms with E-state index in [0.717, 1.165) is 35.0 Å². The first-order valence-electron chi connectivity index (χ1n) is 24.1. The number of nitrogens with zero attached hydrogens (tertiary/aromatic N) is 2. The van der Waals surface area contributed by atoms with Crippen LogP contribution in [0, 0.1) is 11.6 Å². The van der Waals surface area contributed by atoms with Gasteiger partial charge >= 0.3 is 24.1 Å². The molecule has 4 aromatic rings. The summed E-state index contributed by atoms with van der Waals surface area (Å²) >= 11 is 0. The zero-order valence-electron chi connectivity index (χ0n) is 43.0. The van der Waals surface area contributed by atoms with Gasteiger partial charge in [0, 0.05) is 61.9 Å². The topological polar surface area (TPSA) is 201 Å². The molecule has 2 aliphatic rings. The number of nitrogens with one attached hydrogen (secondary N) is 4. The zero-order chi connectivity index (χ0) is 51.9. The molecule has 0 saturated carbocycles. The molecule has 7 unspecified atom stereocenters. The highest BCUT2D eigenvalue weighted by Gasteiger charge is 2.43. The molecule has 0 radical (unpaired) electrons. The molecule has 16 nitrogen and oxygen atoms in total. The largest absolute Gasteiger partial charge is 0.461 e. The predicted octanol–water partition coefficient (Wildman–Crippen LogP) is 7.35. The molecular formula is C48H62F2N6O10. The summed E-state index contributed by atoms with van der Waals surface area (Å²) in [6.07, 6.45) is -5.94. The minimum absolute atomic E-state index is 0.00136. The van der Waals surface area contributed by atoms with Gasteiger partial charge in [0.25, 0.3) is 0 Å². The van der Waals surface area contributed by atoms with Crippen molar-refractivity contribution in [2.24, 2.45) is 0 Å². The summed E-state index contributed by atoms with van der Waals surface area (Å²) in [6, 6.07) is -0.0180. The van der Waals surface area contributed by atoms with E-state index in [2.05, 4.69) is 15.6 Å². The maximum absolute atomic E-state index is 15.3. The van der Waals surface area contributed by atoms with Gasteiger partial charge < -0.3 is 49.3 Å². The van der Waals surface area contributed by atoms with E-state index in [-0.39, 0.29) is 77.2 Å². The second-order valence-corrected chi connectivity index (χ2v) is 18.6. The van der Waals surface area contributed by atoms with Gasteiger partial charge in [0.1, 0.15) is 47.1 Å². The highest BCUT2D eigenvalue weighted by molar-refractivity contribution is 5.96. The van der Waals surface area contributed by atoms with Crippen molar-refractivity contribution in [1.82, 2.24) is 30.4 Å². The first-order valence-corrected chi connectivity index (χ1v) is 22.1. The monoisotopic (exact) mass is 924 g/mol. The molecule has 6 rings (SSSR count). The lowest BCUT2D eigenvalue weighted by molar-refractivity contribution is -0.147. The second kappa shape index (κ2) is 19.7. The van der Waals surface area contributed by atoms with Gasteiger partial charge in [0.15, 0.2) is 1.41 Å². The highest BCUT2D eigenvalue weighted by atomic mass is 19.1. The average molecular weight is 925 g/mol. The lowest BCUT2D eigenvalue weighted by Crippen LogP contribution is -2.51. The molecule has 0 spiro atoms. The van der Waals surface area contributed by atoms with Crippen LogP contribution in [0.3, 0.4) is 0 Å². The molecule has 2 saturated heterocycles. The number of aromatic nitrogens is 2. The second-order valence-electron chi connectivity index (χ2n) is 18.6. The van der Waals surface area contributed by atoms with Crippen LogP contribution in [0.25, 0.3) is 33.2 Å². The number of benzene rings is 2. The molecule has 2 fully saturated rings. The SMILES string of the molecule is [2H]c1cc(F)cc2c1c(CC1CC(OC(C)=O)CN1C(=O)C(CC)NC(=O)OC(C)(C)C)c(-c1[nH]c3cc(F)ccc3c1CC1([2H])C([2H])C(OC(C)=O)CN1C(=O)C(CC)NC(=O)OC(C)(C)C)n2[2H]. The summed E-state index contributed by atoms with van der Waals surface area (Å²) in [6.45, 7) is 15.1. The fourth-order valence-corrected chi connectivity index (χ4v) is 8.48. The first kappa shape index (κ1) is 43.7. The molecule has 4 amide bonds. The smallest absolute Gasteiger partial charge is 0.408 e. The maximum atomic E-state index is 15.3. The van der Waals surface area contributed by atoms with Crippen LogP contribution in [0.1, 0.15) is 110 Å². The molecule has 2 aliphatic heterocycles. The normalized spacial score (nSPS) is 22.8. The summed E-state index contributed by atoms with van der Waals surface area (Å²) in [4.78, 5) is 86.2. The Labute approximate surface area is 388 Å². The van der Waals surface area contributed by atoms with Crippen molar-refractivity contribution >= 4 is 57.7 Å². The van der Waals surface area contributed by atoms with Crippen molar-refractivity contribution in [3.8, 4) is 11.4 Å². The van der Waals surface area contributed by atoms with Crippen LogP contribution in [0.4, 0.5) is 18.4 Å². The number of hydrogen-bond donors (Lipinski definition) is 4. The summed E-state index contributed by atoms with van der Waals surface area (Å²) in [5.74, 6) is -4.22. The minimum Gasteiger partial charge on any atom is -0.461 e. The van der Waals surface area contributed by atoms with Gasteiger partial charge in [-0.2, -0.15) is 0 Å². The number of esters is 2. The van der Waals surface area contributed by atoms with Crippen LogP contribution in [-0.2, 0) is 51.0 Å². The third kappa shape index (κ3) is 11.8. The van der Waals surface area contributed by atoms with E-state index < -0.39 is 114 Å². The standard InChI is InChI=1S/C48H62F2N6O10/c1-11-37(53-45(61)65-47(5,6)7)43(59)55-23-31(63-25(3)57)19-29(55)21-35-33-15-13-27(49)17-39(33)51-41(35)42-36(34-16-14-28(50)18-40(34)52-42)22-30-20-32(64-26(4)58)24-56(30)44(60)38(12-2)54-46(62)66-48(8,9)10/h13-18,29-32,37-38,51-52H,11-12,19-24H2,1-10H3,(H,53,61)(H,54,62)/i15D,20D,30D/hD. The molecule has 2 aromatic carbocycles. The number of hydrogen-bond acceptors (Lipinski definition) is 10. The molecule has 0 aliphatic carbocycles. The van der Waals surface area contributed by atoms with Crippen molar-refractivity contribution in [3.05, 3.63) is 59.1 Å². The third-order valence-corrected chi connectivity index (χ3v) is 11.1. The van der Waals surface area contributed by atoms with E-state index in [9.17, 15) is 32.9 Å². The van der Waals surface area contributed by atoms with Crippen LogP contribution in [-0.4, -0.2) is 116 Å². The molecule has 4 heterocycles. The van der Waals surface area contributed by atoms with Gasteiger partial charge in [-0.15, -0.1) is 0 Å². The van der Waals surface area contributed by atoms with E-state index in [0.29, 0.717) is 5.39 Å². The van der Waals surface area contributed by atoms with Gasteiger partial charge in [-0.3, -0.25) is 19.2 Å². The van der Waals surface area contributed by atoms with E-state index in [1.54, 1.807) is 55.4 Å². The van der Waals surface area contributed by atoms with E-state index in [1.165, 1.54) is 24.0 Å². The van der Waals surface area contributed by atoms with E-state index in [1.807, 2.05) is 0 Å². The molecule has 4 N–H and O–H groups in total. The van der Waals surface area contributed by atoms with Crippen LogP contribution < -0.4 is 10.6 Å². The number of fused-ring (bicyclic) bond motifs is 2. The summed E-state index contributed by atoms with van der Waals surface area (Å²) in [5.41, 5.74) is -1.22. The number of carbonyl (C=O) groups is 6. The van der Waals surface area contributed by atoms with Gasteiger partial charge in [0.2, 0.25) is 11.8 Å². The summed E-state index contributed by atoms with van der Waals surface area (Å²) in [5, 5.41) is 5.60. The predicted molar refractivity (Wildman–Crippen MR) is 241 cm³/mol. The number of amides is 4. The number of aromatic amines is 2. The Morgan fingerprint density at radius 2 is 1.32 bits per heavy atom. The lowest BCUT2D eigenvalue weighted by Gasteiger charge is -2.30. The molecule has 7 atom stereocenters. The number of alkyl carbamates (subject to hydrolysis) is 2. The molecule has 66 heavy (non-hydrogen) atoms. The number of H-pyrrole nitrogens is 2. The molecule has 2 aromatic heterocycles. The number of likely N-dealkylation sites (tertiary alicyclic amines) is 2. The van der Waals surface area contributed by atoms with Crippen molar-refractivity contribution in [1.29, 1.82) is 0 Å². The van der Waals surface area contributed by atoms with Crippen molar-refractivity contribution in [2.75, 3.05) is 13.1 Å². The minimum atomic E-state index is -2.29. The lowest BCUT2D eigenvalue weighted by atomic mass is 9.94. The summed E-state index contributed by atoms with van der Waals surface area (Å²) < 4.78 is 90.6. The number of halogens is 2. The van der Waals surface area contributed by atoms with E-state index in [4.69, 9.17) is 20.3 Å². The van der Waals surface area contributed by atoms with Crippen molar-refractivity contribution in [3.63, 3.8) is 0 Å². The summed E-state index contributed by atoms with van der Waals surface area (Å²) in [7, 11) is 0. The van der Waals surface area contributed by atoms with Gasteiger partial charge in [-0.25, -0.2) is 18.4 Å². The number of ether oxygens (including phenoxy) is 4. The fourth-order valence-electron chi connectivity index (χ4n) is 8.48. The quantitative estimate of drug-likeness (QED) is 0.0776. The maximum Gasteiger partial charge on any atom is 0.408 e. The van der Waals surface area contributed by atoms with Gasteiger partial charge in [0.05, 0.1) is 27.2 Å². The molecule has 358 valence electrons. The highest BCUT2D eigenvalue weighted by Crippen LogP contribution is 2.40. The van der Waals surface area contributed by atoms with Crippen LogP contribution in [0.5, 0.6) is 0 Å². The Bertz CT molecular complexity index is 2700. The Morgan fingerprint density at radius 1 is 0.788 bits per heavy atom. The third-order valence-electron chi connectivity index (χ3n) is 11.1. The zero-order valence-corrected chi connectivity index (χ0v) is 39.0. The van der Waals surface area contributed by atoms with Crippen LogP contribution >= 0.6 is 0 Å². The Balaban J connectivity index is 1.53. The molecule has 0 bridgehead atoms.